The molecule has 0 spiro atoms. The van der Waals surface area contributed by atoms with Crippen LogP contribution in [0.15, 0.2) is 42.5 Å². The van der Waals surface area contributed by atoms with E-state index in [9.17, 15) is 14.7 Å². The first-order chi connectivity index (χ1) is 11.4. The molecule has 2 rings (SSSR count). The zero-order valence-electron chi connectivity index (χ0n) is 13.6. The van der Waals surface area contributed by atoms with Crippen LogP contribution in [-0.2, 0) is 4.74 Å². The molecule has 0 amide bonds. The number of benzene rings is 2. The van der Waals surface area contributed by atoms with Crippen LogP contribution in [0.5, 0.6) is 5.75 Å². The highest BCUT2D eigenvalue weighted by molar-refractivity contribution is 6.31. The molecule has 126 valence electrons. The third-order valence-electron chi connectivity index (χ3n) is 3.93. The van der Waals surface area contributed by atoms with Gasteiger partial charge in [-0.25, -0.2) is 4.79 Å². The number of halogens is 1. The van der Waals surface area contributed by atoms with Gasteiger partial charge in [-0.2, -0.15) is 0 Å². The Morgan fingerprint density at radius 1 is 1.17 bits per heavy atom. The summed E-state index contributed by atoms with van der Waals surface area (Å²) in [6.07, 6.45) is 1.02. The number of esters is 1. The van der Waals surface area contributed by atoms with Crippen molar-refractivity contribution in [3.8, 4) is 5.75 Å². The molecule has 0 aromatic heterocycles. The molecule has 2 aromatic rings. The highest BCUT2D eigenvalue weighted by atomic mass is 35.5. The maximum absolute atomic E-state index is 12.1. The Morgan fingerprint density at radius 3 is 2.46 bits per heavy atom. The number of phenolic OH excluding ortho intramolecular Hbond substituents is 1. The fourth-order valence-electron chi connectivity index (χ4n) is 2.20. The average molecular weight is 347 g/mol. The highest BCUT2D eigenvalue weighted by Crippen LogP contribution is 2.22. The van der Waals surface area contributed by atoms with E-state index < -0.39 is 12.6 Å². The van der Waals surface area contributed by atoms with E-state index in [0.717, 1.165) is 12.0 Å². The van der Waals surface area contributed by atoms with E-state index in [-0.39, 0.29) is 17.1 Å². The van der Waals surface area contributed by atoms with E-state index >= 15 is 0 Å². The molecule has 4 nitrogen and oxygen atoms in total. The van der Waals surface area contributed by atoms with Gasteiger partial charge in [0.1, 0.15) is 11.3 Å². The van der Waals surface area contributed by atoms with Gasteiger partial charge >= 0.3 is 5.97 Å². The quantitative estimate of drug-likeness (QED) is 0.613. The molecule has 1 atom stereocenters. The molecular weight excluding hydrogens is 328 g/mol. The smallest absolute Gasteiger partial charge is 0.342 e. The summed E-state index contributed by atoms with van der Waals surface area (Å²) in [4.78, 5) is 24.1. The van der Waals surface area contributed by atoms with Crippen LogP contribution >= 0.6 is 11.6 Å². The number of carbonyl (C=O) groups is 2. The van der Waals surface area contributed by atoms with Crippen LogP contribution in [0.4, 0.5) is 0 Å². The Kier molecular flexibility index (Phi) is 5.99. The van der Waals surface area contributed by atoms with Crippen LogP contribution in [0.25, 0.3) is 0 Å². The zero-order valence-corrected chi connectivity index (χ0v) is 14.3. The molecule has 0 unspecified atom stereocenters. The van der Waals surface area contributed by atoms with Crippen molar-refractivity contribution in [1.29, 1.82) is 0 Å². The van der Waals surface area contributed by atoms with Crippen molar-refractivity contribution in [2.75, 3.05) is 6.61 Å². The predicted octanol–water partition coefficient (Wildman–Crippen LogP) is 4.60. The molecule has 1 N–H and O–H groups in total. The molecule has 0 aliphatic rings. The van der Waals surface area contributed by atoms with Gasteiger partial charge in [0, 0.05) is 10.6 Å². The van der Waals surface area contributed by atoms with Gasteiger partial charge in [-0.05, 0) is 36.1 Å². The monoisotopic (exact) mass is 346 g/mol. The van der Waals surface area contributed by atoms with Crippen molar-refractivity contribution in [3.05, 3.63) is 64.2 Å². The fraction of sp³-hybridized carbons (Fsp3) is 0.263. The van der Waals surface area contributed by atoms with Gasteiger partial charge in [0.2, 0.25) is 0 Å². The van der Waals surface area contributed by atoms with Crippen LogP contribution in [-0.4, -0.2) is 23.5 Å². The highest BCUT2D eigenvalue weighted by Gasteiger charge is 2.16. The van der Waals surface area contributed by atoms with Crippen molar-refractivity contribution in [2.24, 2.45) is 0 Å². The normalized spacial score (nSPS) is 11.8. The summed E-state index contributed by atoms with van der Waals surface area (Å²) in [6.45, 7) is 3.83. The summed E-state index contributed by atoms with van der Waals surface area (Å²) in [6, 6.07) is 11.3. The minimum atomic E-state index is -0.792. The minimum Gasteiger partial charge on any atom is -0.507 e. The maximum Gasteiger partial charge on any atom is 0.342 e. The van der Waals surface area contributed by atoms with Crippen LogP contribution in [0.2, 0.25) is 5.02 Å². The molecule has 2 aromatic carbocycles. The molecule has 0 bridgehead atoms. The Morgan fingerprint density at radius 2 is 1.83 bits per heavy atom. The molecule has 0 saturated carbocycles. The summed E-state index contributed by atoms with van der Waals surface area (Å²) in [7, 11) is 0. The van der Waals surface area contributed by atoms with Crippen molar-refractivity contribution in [1.82, 2.24) is 0 Å². The summed E-state index contributed by atoms with van der Waals surface area (Å²) in [5.41, 5.74) is 1.57. The minimum absolute atomic E-state index is 0.0672. The third-order valence-corrected chi connectivity index (χ3v) is 4.16. The van der Waals surface area contributed by atoms with Crippen LogP contribution in [0.3, 0.4) is 0 Å². The van der Waals surface area contributed by atoms with Crippen molar-refractivity contribution >= 4 is 23.4 Å². The van der Waals surface area contributed by atoms with Gasteiger partial charge in [0.25, 0.3) is 0 Å². The van der Waals surface area contributed by atoms with E-state index in [1.165, 1.54) is 18.2 Å². The van der Waals surface area contributed by atoms with Gasteiger partial charge < -0.3 is 9.84 Å². The molecule has 0 aliphatic heterocycles. The van der Waals surface area contributed by atoms with Crippen molar-refractivity contribution in [3.63, 3.8) is 0 Å². The average Bonchev–Trinajstić information content (AvgIpc) is 2.60. The SMILES string of the molecule is CC[C@H](C)c1ccc(C(=O)COC(=O)c2cc(Cl)ccc2O)cc1. The molecule has 0 radical (unpaired) electrons. The van der Waals surface area contributed by atoms with E-state index in [1.54, 1.807) is 12.1 Å². The van der Waals surface area contributed by atoms with Gasteiger partial charge in [-0.3, -0.25) is 4.79 Å². The number of ether oxygens (including phenoxy) is 1. The van der Waals surface area contributed by atoms with E-state index in [4.69, 9.17) is 16.3 Å². The second-order valence-corrected chi connectivity index (χ2v) is 6.03. The number of rotatable bonds is 6. The lowest BCUT2D eigenvalue weighted by molar-refractivity contribution is 0.0472. The van der Waals surface area contributed by atoms with Crippen LogP contribution in [0, 0.1) is 0 Å². The van der Waals surface area contributed by atoms with Crippen LogP contribution in [0.1, 0.15) is 52.5 Å². The Hall–Kier alpha value is -2.33. The number of carbonyl (C=O) groups excluding carboxylic acids is 2. The Labute approximate surface area is 146 Å². The van der Waals surface area contributed by atoms with Crippen molar-refractivity contribution < 1.29 is 19.4 Å². The summed E-state index contributed by atoms with van der Waals surface area (Å²) in [5, 5.41) is 9.95. The number of hydrogen-bond acceptors (Lipinski definition) is 4. The van der Waals surface area contributed by atoms with E-state index in [1.807, 2.05) is 12.1 Å². The number of ketones is 1. The first-order valence-electron chi connectivity index (χ1n) is 7.71. The molecule has 0 fully saturated rings. The zero-order chi connectivity index (χ0) is 17.7. The standard InChI is InChI=1S/C19H19ClO4/c1-3-12(2)13-4-6-14(7-5-13)18(22)11-24-19(23)16-10-15(20)8-9-17(16)21/h4-10,12,21H,3,11H2,1-2H3/t12-/m0/s1. The van der Waals surface area contributed by atoms with E-state index in [2.05, 4.69) is 13.8 Å². The molecule has 0 aliphatic carbocycles. The van der Waals surface area contributed by atoms with E-state index in [0.29, 0.717) is 16.5 Å². The lowest BCUT2D eigenvalue weighted by Gasteiger charge is -2.10. The lowest BCUT2D eigenvalue weighted by Crippen LogP contribution is -2.14. The molecule has 5 heteroatoms. The Balaban J connectivity index is 2.00. The largest absolute Gasteiger partial charge is 0.507 e. The Bertz CT molecular complexity index is 738. The maximum atomic E-state index is 12.1. The summed E-state index contributed by atoms with van der Waals surface area (Å²) in [5.74, 6) is -0.910. The predicted molar refractivity (Wildman–Crippen MR) is 92.9 cm³/mol. The number of hydrogen-bond donors (Lipinski definition) is 1. The molecular formula is C19H19ClO4. The van der Waals surface area contributed by atoms with Gasteiger partial charge in [-0.15, -0.1) is 0 Å². The van der Waals surface area contributed by atoms with Crippen molar-refractivity contribution in [2.45, 2.75) is 26.2 Å². The first kappa shape index (κ1) is 18.0. The fourth-order valence-corrected chi connectivity index (χ4v) is 2.37. The van der Waals surface area contributed by atoms with Gasteiger partial charge in [0.15, 0.2) is 12.4 Å². The topological polar surface area (TPSA) is 63.6 Å². The van der Waals surface area contributed by atoms with Gasteiger partial charge in [0.05, 0.1) is 0 Å². The van der Waals surface area contributed by atoms with Gasteiger partial charge in [-0.1, -0.05) is 49.7 Å². The third kappa shape index (κ3) is 4.36. The molecule has 0 heterocycles. The first-order valence-corrected chi connectivity index (χ1v) is 8.09. The number of phenols is 1. The molecule has 24 heavy (non-hydrogen) atoms. The summed E-state index contributed by atoms with van der Waals surface area (Å²) >= 11 is 5.79. The summed E-state index contributed by atoms with van der Waals surface area (Å²) < 4.78 is 4.97. The number of Topliss-reactive ketones (excluding diaryl/α,β-unsaturated/α-hetero) is 1. The van der Waals surface area contributed by atoms with Crippen LogP contribution < -0.4 is 0 Å². The molecule has 0 saturated heterocycles. The lowest BCUT2D eigenvalue weighted by atomic mass is 9.97. The second-order valence-electron chi connectivity index (χ2n) is 5.59. The second kappa shape index (κ2) is 7.97. The number of aromatic hydroxyl groups is 1.